The van der Waals surface area contributed by atoms with E-state index >= 15 is 0 Å². The third kappa shape index (κ3) is 7.34. The Morgan fingerprint density at radius 1 is 0.776 bits per heavy atom. The van der Waals surface area contributed by atoms with Crippen molar-refractivity contribution in [3.63, 3.8) is 0 Å². The molecule has 0 radical (unpaired) electrons. The average Bonchev–Trinajstić information content (AvgIpc) is 3.06. The molecule has 0 unspecified atom stereocenters. The quantitative estimate of drug-likeness (QED) is 0.122. The van der Waals surface area contributed by atoms with Crippen molar-refractivity contribution in [1.29, 1.82) is 0 Å². The molecule has 3 aliphatic heterocycles. The van der Waals surface area contributed by atoms with Crippen molar-refractivity contribution >= 4 is 5.78 Å². The number of phenolic OH excluding ortho intramolecular Hbond substituents is 2. The molecule has 272 valence electrons. The average molecular weight is 699 g/mol. The maximum atomic E-state index is 13.5. The fourth-order valence-electron chi connectivity index (χ4n) is 6.02. The van der Waals surface area contributed by atoms with Crippen molar-refractivity contribution in [1.82, 2.24) is 0 Å². The zero-order valence-corrected chi connectivity index (χ0v) is 26.5. The summed E-state index contributed by atoms with van der Waals surface area (Å²) >= 11 is 0. The van der Waals surface area contributed by atoms with E-state index in [4.69, 9.17) is 23.7 Å². The van der Waals surface area contributed by atoms with Gasteiger partial charge >= 0.3 is 0 Å². The van der Waals surface area contributed by atoms with Crippen LogP contribution in [-0.4, -0.2) is 148 Å². The van der Waals surface area contributed by atoms with Gasteiger partial charge in [0.2, 0.25) is 12.1 Å². The fraction of sp³-hybridized carbons (Fsp3) is 0.594. The molecule has 5 rings (SSSR count). The number of Topliss-reactive ketones (excluding diaryl/α,β-unsaturated/α-hetero) is 1. The Morgan fingerprint density at radius 3 is 1.90 bits per heavy atom. The number of aliphatic hydroxyl groups excluding tert-OH is 9. The zero-order valence-electron chi connectivity index (χ0n) is 26.5. The van der Waals surface area contributed by atoms with E-state index in [1.807, 2.05) is 0 Å². The van der Waals surface area contributed by atoms with Crippen molar-refractivity contribution in [3.8, 4) is 23.0 Å². The third-order valence-electron chi connectivity index (χ3n) is 8.94. The highest BCUT2D eigenvalue weighted by Crippen LogP contribution is 2.47. The van der Waals surface area contributed by atoms with Gasteiger partial charge in [-0.05, 0) is 44.4 Å². The molecule has 3 heterocycles. The van der Waals surface area contributed by atoms with Gasteiger partial charge in [0, 0.05) is 11.6 Å². The Bertz CT molecular complexity index is 1460. The van der Waals surface area contributed by atoms with E-state index in [-0.39, 0.29) is 35.7 Å². The molecule has 11 N–H and O–H groups in total. The Balaban J connectivity index is 1.51. The van der Waals surface area contributed by atoms with E-state index in [9.17, 15) is 61.0 Å². The molecule has 49 heavy (non-hydrogen) atoms. The number of hydrogen-bond donors (Lipinski definition) is 11. The van der Waals surface area contributed by atoms with E-state index in [2.05, 4.69) is 0 Å². The predicted octanol–water partition coefficient (Wildman–Crippen LogP) is -2.52. The van der Waals surface area contributed by atoms with Crippen molar-refractivity contribution < 1.29 is 84.7 Å². The molecule has 3 aliphatic rings. The topological polar surface area (TPSA) is 286 Å². The first kappa shape index (κ1) is 37.1. The van der Waals surface area contributed by atoms with Gasteiger partial charge in [-0.15, -0.1) is 0 Å². The van der Waals surface area contributed by atoms with Crippen LogP contribution in [0.4, 0.5) is 0 Å². The van der Waals surface area contributed by atoms with Crippen molar-refractivity contribution in [2.75, 3.05) is 13.2 Å². The lowest BCUT2D eigenvalue weighted by molar-refractivity contribution is -0.323. The van der Waals surface area contributed by atoms with Gasteiger partial charge < -0.3 is 79.9 Å². The summed E-state index contributed by atoms with van der Waals surface area (Å²) in [4.78, 5) is 13.5. The molecule has 0 aromatic heterocycles. The fourth-order valence-corrected chi connectivity index (χ4v) is 6.02. The number of rotatable bonds is 10. The number of fused-ring (bicyclic) bond motifs is 1. The number of carbonyl (C=O) groups is 1. The predicted molar refractivity (Wildman–Crippen MR) is 162 cm³/mol. The summed E-state index contributed by atoms with van der Waals surface area (Å²) in [7, 11) is 0. The Hall–Kier alpha value is -3.17. The van der Waals surface area contributed by atoms with Gasteiger partial charge in [-0.1, -0.05) is 12.1 Å². The molecule has 17 heteroatoms. The van der Waals surface area contributed by atoms with Crippen molar-refractivity contribution in [2.24, 2.45) is 0 Å². The first-order chi connectivity index (χ1) is 23.1. The molecule has 0 bridgehead atoms. The molecule has 17 nitrogen and oxygen atoms in total. The molecule has 2 fully saturated rings. The van der Waals surface area contributed by atoms with Gasteiger partial charge in [-0.2, -0.15) is 0 Å². The Morgan fingerprint density at radius 2 is 1.33 bits per heavy atom. The highest BCUT2D eigenvalue weighted by atomic mass is 16.7. The molecule has 12 atom stereocenters. The van der Waals surface area contributed by atoms with Crippen LogP contribution in [-0.2, 0) is 20.6 Å². The highest BCUT2D eigenvalue weighted by Gasteiger charge is 2.48. The Kier molecular flexibility index (Phi) is 11.0. The number of hydrogen-bond acceptors (Lipinski definition) is 17. The zero-order chi connectivity index (χ0) is 35.9. The van der Waals surface area contributed by atoms with Crippen molar-refractivity contribution in [3.05, 3.63) is 47.0 Å². The van der Waals surface area contributed by atoms with E-state index in [1.165, 1.54) is 24.3 Å². The van der Waals surface area contributed by atoms with E-state index in [0.29, 0.717) is 5.56 Å². The summed E-state index contributed by atoms with van der Waals surface area (Å²) in [6.07, 6.45) is -19.3. The lowest BCUT2D eigenvalue weighted by Gasteiger charge is -2.42. The molecule has 0 spiro atoms. The minimum Gasteiger partial charge on any atom is -0.508 e. The number of carbonyl (C=O) groups excluding carboxylic acids is 1. The number of aliphatic hydroxyl groups is 9. The van der Waals surface area contributed by atoms with Crippen LogP contribution in [0.3, 0.4) is 0 Å². The van der Waals surface area contributed by atoms with Crippen LogP contribution in [0.15, 0.2) is 30.3 Å². The molecule has 2 saturated heterocycles. The van der Waals surface area contributed by atoms with Crippen LogP contribution < -0.4 is 9.47 Å². The van der Waals surface area contributed by atoms with E-state index < -0.39 is 110 Å². The smallest absolute Gasteiger partial charge is 0.229 e. The minimum absolute atomic E-state index is 0.00819. The van der Waals surface area contributed by atoms with Gasteiger partial charge in [0.25, 0.3) is 0 Å². The second-order valence-electron chi connectivity index (χ2n) is 12.9. The maximum Gasteiger partial charge on any atom is 0.229 e. The molecule has 2 aromatic rings. The first-order valence-electron chi connectivity index (χ1n) is 15.6. The van der Waals surface area contributed by atoms with E-state index in [1.54, 1.807) is 13.8 Å². The molecule has 2 aromatic carbocycles. The van der Waals surface area contributed by atoms with Crippen LogP contribution in [0.25, 0.3) is 0 Å². The third-order valence-corrected chi connectivity index (χ3v) is 8.94. The summed E-state index contributed by atoms with van der Waals surface area (Å²) in [5.41, 5.74) is -1.25. The summed E-state index contributed by atoms with van der Waals surface area (Å²) in [6.45, 7) is 1.76. The normalized spacial score (nSPS) is 35.0. The van der Waals surface area contributed by atoms with Gasteiger partial charge in [0.05, 0.1) is 18.8 Å². The lowest BCUT2D eigenvalue weighted by Crippen LogP contribution is -2.60. The summed E-state index contributed by atoms with van der Waals surface area (Å²) in [6, 6.07) is 6.50. The highest BCUT2D eigenvalue weighted by molar-refractivity contribution is 6.06. The summed E-state index contributed by atoms with van der Waals surface area (Å²) in [5, 5.41) is 113. The lowest BCUT2D eigenvalue weighted by atomic mass is 9.88. The number of ether oxygens (including phenoxy) is 5. The van der Waals surface area contributed by atoms with Crippen LogP contribution in [0.2, 0.25) is 0 Å². The maximum absolute atomic E-state index is 13.5. The second-order valence-corrected chi connectivity index (χ2v) is 12.9. The van der Waals surface area contributed by atoms with Gasteiger partial charge in [0.1, 0.15) is 77.4 Å². The first-order valence-corrected chi connectivity index (χ1v) is 15.6. The molecular weight excluding hydrogens is 656 g/mol. The minimum atomic E-state index is -1.84. The number of ketones is 1. The standard InChI is InChI=1S/C32H42O17/c1-32(2,49-31-27(44)24(41)21(38)18(11-34)47-31)8-7-14-16(45-30-26(43)23(40)20(37)17(10-33)46-30)9-15(36)19-22(39)25(42)28(48-29(14)19)12-3-5-13(35)6-4-12/h3-6,9,17-18,20-21,23-28,30-31,33-38,40-44H,7-8,10-11H2,1-2H3/t17-,18+,20+,21+,23-,24-,25-,26-,27+,28-,30+,31-/m0/s1. The SMILES string of the molecule is CC(C)(CCc1c(O[C@@H]2O[C@@H](CO)[C@@H](O)[C@H](O)[C@@H]2O)cc(O)c2c1O[C@@H](c1ccc(O)cc1)[C@@H](O)C2=O)O[C@@H]1O[C@H](CO)[C@@H](O)[C@H](O)[C@H]1O. The van der Waals surface area contributed by atoms with Crippen LogP contribution in [0.1, 0.15) is 47.9 Å². The molecule has 0 amide bonds. The monoisotopic (exact) mass is 698 g/mol. The van der Waals surface area contributed by atoms with Crippen molar-refractivity contribution in [2.45, 2.75) is 106 Å². The van der Waals surface area contributed by atoms with Crippen LogP contribution in [0, 0.1) is 0 Å². The number of phenols is 2. The van der Waals surface area contributed by atoms with Gasteiger partial charge in [-0.3, -0.25) is 4.79 Å². The van der Waals surface area contributed by atoms with Crippen LogP contribution in [0.5, 0.6) is 23.0 Å². The summed E-state index contributed by atoms with van der Waals surface area (Å²) < 4.78 is 29.0. The molecule has 0 saturated carbocycles. The number of aromatic hydroxyl groups is 2. The van der Waals surface area contributed by atoms with E-state index in [0.717, 1.165) is 6.07 Å². The molecule has 0 aliphatic carbocycles. The Labute approximate surface area is 279 Å². The molecular formula is C32H42O17. The van der Waals surface area contributed by atoms with Gasteiger partial charge in [-0.25, -0.2) is 0 Å². The summed E-state index contributed by atoms with van der Waals surface area (Å²) in [5.74, 6) is -2.12. The largest absolute Gasteiger partial charge is 0.508 e. The van der Waals surface area contributed by atoms with Crippen LogP contribution >= 0.6 is 0 Å². The van der Waals surface area contributed by atoms with Gasteiger partial charge in [0.15, 0.2) is 18.5 Å². The second kappa shape index (κ2) is 14.6. The number of benzene rings is 2.